The Hall–Kier alpha value is -3.91. The Labute approximate surface area is 170 Å². The Morgan fingerprint density at radius 1 is 0.517 bits per heavy atom. The molecule has 2 nitrogen and oxygen atoms in total. The van der Waals surface area contributed by atoms with E-state index in [0.717, 1.165) is 38.9 Å². The SMILES string of the molecule is c1ccc(-c2cccc(Oc3nc(-c4ccccc4)cc4ccccc34)c2)cc1. The van der Waals surface area contributed by atoms with Crippen LogP contribution in [0.2, 0.25) is 0 Å². The molecule has 0 aliphatic heterocycles. The van der Waals surface area contributed by atoms with Crippen molar-refractivity contribution in [2.45, 2.75) is 0 Å². The summed E-state index contributed by atoms with van der Waals surface area (Å²) in [6.45, 7) is 0. The van der Waals surface area contributed by atoms with Crippen molar-refractivity contribution >= 4 is 10.8 Å². The molecule has 0 unspecified atom stereocenters. The lowest BCUT2D eigenvalue weighted by molar-refractivity contribution is 0.470. The van der Waals surface area contributed by atoms with Crippen molar-refractivity contribution < 1.29 is 4.74 Å². The second-order valence-electron chi connectivity index (χ2n) is 6.90. The molecular formula is C27H19NO. The molecule has 0 fully saturated rings. The number of nitrogens with zero attached hydrogens (tertiary/aromatic N) is 1. The van der Waals surface area contributed by atoms with Gasteiger partial charge in [-0.15, -0.1) is 0 Å². The average molecular weight is 373 g/mol. The Balaban J connectivity index is 1.59. The molecule has 4 aromatic carbocycles. The minimum atomic E-state index is 0.618. The summed E-state index contributed by atoms with van der Waals surface area (Å²) in [6.07, 6.45) is 0. The van der Waals surface area contributed by atoms with Crippen molar-refractivity contribution in [3.63, 3.8) is 0 Å². The first-order chi connectivity index (χ1) is 14.4. The van der Waals surface area contributed by atoms with E-state index in [2.05, 4.69) is 48.5 Å². The van der Waals surface area contributed by atoms with Gasteiger partial charge in [0, 0.05) is 10.9 Å². The second kappa shape index (κ2) is 7.61. The zero-order valence-electron chi connectivity index (χ0n) is 15.8. The van der Waals surface area contributed by atoms with E-state index >= 15 is 0 Å². The Morgan fingerprint density at radius 2 is 1.17 bits per heavy atom. The number of benzene rings is 4. The van der Waals surface area contributed by atoms with E-state index in [0.29, 0.717) is 5.88 Å². The monoisotopic (exact) mass is 373 g/mol. The van der Waals surface area contributed by atoms with Crippen molar-refractivity contribution in [1.82, 2.24) is 4.98 Å². The predicted molar refractivity (Wildman–Crippen MR) is 119 cm³/mol. The van der Waals surface area contributed by atoms with Gasteiger partial charge in [0.15, 0.2) is 0 Å². The summed E-state index contributed by atoms with van der Waals surface area (Å²) in [5, 5.41) is 2.10. The smallest absolute Gasteiger partial charge is 0.227 e. The van der Waals surface area contributed by atoms with Crippen molar-refractivity contribution in [3.8, 4) is 34.0 Å². The Bertz CT molecular complexity index is 1260. The first-order valence-electron chi connectivity index (χ1n) is 9.65. The molecule has 0 aliphatic rings. The zero-order valence-corrected chi connectivity index (χ0v) is 15.8. The molecule has 0 bridgehead atoms. The van der Waals surface area contributed by atoms with Crippen molar-refractivity contribution in [2.75, 3.05) is 0 Å². The van der Waals surface area contributed by atoms with Gasteiger partial charge in [-0.05, 0) is 40.8 Å². The maximum absolute atomic E-state index is 6.30. The van der Waals surface area contributed by atoms with Gasteiger partial charge in [0.2, 0.25) is 5.88 Å². The second-order valence-corrected chi connectivity index (χ2v) is 6.90. The average Bonchev–Trinajstić information content (AvgIpc) is 2.80. The summed E-state index contributed by atoms with van der Waals surface area (Å²) in [7, 11) is 0. The molecule has 0 amide bonds. The number of hydrogen-bond donors (Lipinski definition) is 0. The summed E-state index contributed by atoms with van der Waals surface area (Å²) in [4.78, 5) is 4.85. The van der Waals surface area contributed by atoms with Crippen LogP contribution in [0.4, 0.5) is 0 Å². The highest BCUT2D eigenvalue weighted by Gasteiger charge is 2.10. The molecule has 0 aliphatic carbocycles. The molecule has 138 valence electrons. The minimum absolute atomic E-state index is 0.618. The maximum atomic E-state index is 6.30. The number of aromatic nitrogens is 1. The number of rotatable bonds is 4. The molecule has 5 aromatic rings. The fourth-order valence-electron chi connectivity index (χ4n) is 3.48. The van der Waals surface area contributed by atoms with Gasteiger partial charge in [0.25, 0.3) is 0 Å². The van der Waals surface area contributed by atoms with Gasteiger partial charge in [-0.3, -0.25) is 0 Å². The van der Waals surface area contributed by atoms with E-state index in [9.17, 15) is 0 Å². The van der Waals surface area contributed by atoms with Gasteiger partial charge in [0.1, 0.15) is 5.75 Å². The minimum Gasteiger partial charge on any atom is -0.438 e. The first kappa shape index (κ1) is 17.2. The number of fused-ring (bicyclic) bond motifs is 1. The van der Waals surface area contributed by atoms with Gasteiger partial charge < -0.3 is 4.74 Å². The van der Waals surface area contributed by atoms with Gasteiger partial charge in [-0.25, -0.2) is 4.98 Å². The molecule has 0 spiro atoms. The molecule has 5 rings (SSSR count). The third-order valence-corrected chi connectivity index (χ3v) is 4.93. The molecule has 29 heavy (non-hydrogen) atoms. The zero-order chi connectivity index (χ0) is 19.5. The van der Waals surface area contributed by atoms with Crippen LogP contribution < -0.4 is 4.74 Å². The molecular weight excluding hydrogens is 354 g/mol. The van der Waals surface area contributed by atoms with Gasteiger partial charge >= 0.3 is 0 Å². The fourth-order valence-corrected chi connectivity index (χ4v) is 3.48. The van der Waals surface area contributed by atoms with Crippen LogP contribution in [-0.2, 0) is 0 Å². The molecule has 1 aromatic heterocycles. The number of pyridine rings is 1. The molecule has 0 radical (unpaired) electrons. The molecule has 0 saturated carbocycles. The van der Waals surface area contributed by atoms with E-state index in [1.807, 2.05) is 66.7 Å². The molecule has 0 saturated heterocycles. The largest absolute Gasteiger partial charge is 0.438 e. The Kier molecular flexibility index (Phi) is 4.51. The van der Waals surface area contributed by atoms with E-state index < -0.39 is 0 Å². The maximum Gasteiger partial charge on any atom is 0.227 e. The van der Waals surface area contributed by atoms with Crippen molar-refractivity contribution in [1.29, 1.82) is 0 Å². The highest BCUT2D eigenvalue weighted by molar-refractivity contribution is 5.90. The molecule has 0 N–H and O–H groups in total. The van der Waals surface area contributed by atoms with Crippen LogP contribution in [-0.4, -0.2) is 4.98 Å². The first-order valence-corrected chi connectivity index (χ1v) is 9.65. The summed E-state index contributed by atoms with van der Waals surface area (Å²) >= 11 is 0. The van der Waals surface area contributed by atoms with Gasteiger partial charge in [0.05, 0.1) is 5.69 Å². The van der Waals surface area contributed by atoms with Crippen molar-refractivity contribution in [2.24, 2.45) is 0 Å². The fraction of sp³-hybridized carbons (Fsp3) is 0. The van der Waals surface area contributed by atoms with Crippen LogP contribution in [0, 0.1) is 0 Å². The van der Waals surface area contributed by atoms with Crippen molar-refractivity contribution in [3.05, 3.63) is 115 Å². The highest BCUT2D eigenvalue weighted by Crippen LogP contribution is 2.33. The van der Waals surface area contributed by atoms with Crippen LogP contribution >= 0.6 is 0 Å². The van der Waals surface area contributed by atoms with Crippen LogP contribution in [0.5, 0.6) is 11.6 Å². The quantitative estimate of drug-likeness (QED) is 0.328. The van der Waals surface area contributed by atoms with E-state index in [1.54, 1.807) is 0 Å². The predicted octanol–water partition coefficient (Wildman–Crippen LogP) is 7.36. The standard InChI is InChI=1S/C27H19NO/c1-3-10-20(11-4-1)22-15-9-16-24(18-22)29-27-25-17-8-7-14-23(25)19-26(28-27)21-12-5-2-6-13-21/h1-19H. The van der Waals surface area contributed by atoms with Gasteiger partial charge in [-0.2, -0.15) is 0 Å². The topological polar surface area (TPSA) is 22.1 Å². The Morgan fingerprint density at radius 3 is 1.97 bits per heavy atom. The van der Waals surface area contributed by atoms with Crippen LogP contribution in [0.1, 0.15) is 0 Å². The van der Waals surface area contributed by atoms with E-state index in [-0.39, 0.29) is 0 Å². The molecule has 1 heterocycles. The van der Waals surface area contributed by atoms with Crippen LogP contribution in [0.25, 0.3) is 33.2 Å². The summed E-state index contributed by atoms with van der Waals surface area (Å²) in [5.41, 5.74) is 4.25. The lowest BCUT2D eigenvalue weighted by Crippen LogP contribution is -1.93. The number of ether oxygens (including phenoxy) is 1. The third kappa shape index (κ3) is 3.61. The van der Waals surface area contributed by atoms with E-state index in [1.165, 1.54) is 0 Å². The molecule has 2 heteroatoms. The highest BCUT2D eigenvalue weighted by atomic mass is 16.5. The van der Waals surface area contributed by atoms with Crippen LogP contribution in [0.3, 0.4) is 0 Å². The van der Waals surface area contributed by atoms with Gasteiger partial charge in [-0.1, -0.05) is 91.0 Å². The molecule has 0 atom stereocenters. The summed E-state index contributed by atoms with van der Waals surface area (Å²) < 4.78 is 6.30. The normalized spacial score (nSPS) is 10.8. The van der Waals surface area contributed by atoms with E-state index in [4.69, 9.17) is 9.72 Å². The third-order valence-electron chi connectivity index (χ3n) is 4.93. The lowest BCUT2D eigenvalue weighted by atomic mass is 10.1. The van der Waals surface area contributed by atoms with Crippen LogP contribution in [0.15, 0.2) is 115 Å². The lowest BCUT2D eigenvalue weighted by Gasteiger charge is -2.12. The number of hydrogen-bond acceptors (Lipinski definition) is 2. The summed E-state index contributed by atoms with van der Waals surface area (Å²) in [5.74, 6) is 1.39. The summed E-state index contributed by atoms with van der Waals surface area (Å²) in [6, 6.07) is 38.9.